The third kappa shape index (κ3) is 2.05. The second kappa shape index (κ2) is 4.67. The molecule has 106 valence electrons. The molecule has 2 heterocycles. The van der Waals surface area contributed by atoms with Crippen LogP contribution >= 0.6 is 0 Å². The van der Waals surface area contributed by atoms with Crippen molar-refractivity contribution in [1.29, 1.82) is 5.26 Å². The summed E-state index contributed by atoms with van der Waals surface area (Å²) in [6.45, 7) is 5.91. The second-order valence-electron chi connectivity index (χ2n) is 5.20. The molecule has 0 saturated carbocycles. The molecule has 0 radical (unpaired) electrons. The first-order valence-electron chi connectivity index (χ1n) is 6.75. The zero-order chi connectivity index (χ0) is 15.1. The van der Waals surface area contributed by atoms with E-state index in [-0.39, 0.29) is 6.04 Å². The molecule has 21 heavy (non-hydrogen) atoms. The van der Waals surface area contributed by atoms with Gasteiger partial charge in [-0.15, -0.1) is 0 Å². The van der Waals surface area contributed by atoms with Crippen molar-refractivity contribution in [1.82, 2.24) is 9.55 Å². The van der Waals surface area contributed by atoms with Crippen LogP contribution in [0.5, 0.6) is 0 Å². The lowest BCUT2D eigenvalue weighted by atomic mass is 10.1. The molecular formula is C16H16N4O. The predicted molar refractivity (Wildman–Crippen MR) is 80.9 cm³/mol. The first-order valence-corrected chi connectivity index (χ1v) is 6.75. The minimum atomic E-state index is -0.0126. The van der Waals surface area contributed by atoms with Crippen molar-refractivity contribution in [2.45, 2.75) is 26.8 Å². The van der Waals surface area contributed by atoms with Crippen LogP contribution in [0.3, 0.4) is 0 Å². The van der Waals surface area contributed by atoms with E-state index in [1.807, 2.05) is 43.5 Å². The first kappa shape index (κ1) is 13.3. The van der Waals surface area contributed by atoms with E-state index < -0.39 is 0 Å². The van der Waals surface area contributed by atoms with Gasteiger partial charge in [-0.2, -0.15) is 5.26 Å². The molecule has 1 atom stereocenters. The Kier molecular flexibility index (Phi) is 2.95. The summed E-state index contributed by atoms with van der Waals surface area (Å²) in [6.07, 6.45) is 0. The van der Waals surface area contributed by atoms with Crippen molar-refractivity contribution in [2.24, 2.45) is 0 Å². The molecule has 2 N–H and O–H groups in total. The van der Waals surface area contributed by atoms with Crippen LogP contribution < -0.4 is 5.73 Å². The third-order valence-electron chi connectivity index (χ3n) is 3.76. The van der Waals surface area contributed by atoms with Crippen molar-refractivity contribution in [3.05, 3.63) is 46.9 Å². The molecule has 2 aromatic heterocycles. The van der Waals surface area contributed by atoms with Crippen LogP contribution in [0, 0.1) is 25.2 Å². The Bertz CT molecular complexity index is 866. The van der Waals surface area contributed by atoms with Gasteiger partial charge >= 0.3 is 0 Å². The summed E-state index contributed by atoms with van der Waals surface area (Å²) < 4.78 is 7.54. The molecule has 3 rings (SSSR count). The maximum absolute atomic E-state index is 9.07. The van der Waals surface area contributed by atoms with Gasteiger partial charge in [-0.3, -0.25) is 0 Å². The Labute approximate surface area is 122 Å². The Hall–Kier alpha value is -2.74. The molecule has 0 aliphatic rings. The van der Waals surface area contributed by atoms with Gasteiger partial charge in [0, 0.05) is 5.56 Å². The summed E-state index contributed by atoms with van der Waals surface area (Å²) in [5.74, 6) is 2.18. The molecule has 5 nitrogen and oxygen atoms in total. The number of rotatable bonds is 2. The minimum absolute atomic E-state index is 0.0126. The number of furan rings is 1. The SMILES string of the molecule is Cc1cc(C(C)n2c(N)nc3ccc(C#N)cc32)c(C)o1. The monoisotopic (exact) mass is 280 g/mol. The number of aromatic nitrogens is 2. The van der Waals surface area contributed by atoms with Crippen LogP contribution in [0.15, 0.2) is 28.7 Å². The maximum Gasteiger partial charge on any atom is 0.201 e. The van der Waals surface area contributed by atoms with Gasteiger partial charge in [0.15, 0.2) is 0 Å². The summed E-state index contributed by atoms with van der Waals surface area (Å²) >= 11 is 0. The highest BCUT2D eigenvalue weighted by molar-refractivity contribution is 5.80. The summed E-state index contributed by atoms with van der Waals surface area (Å²) in [5.41, 5.74) is 9.39. The smallest absolute Gasteiger partial charge is 0.201 e. The Balaban J connectivity index is 2.21. The van der Waals surface area contributed by atoms with E-state index in [4.69, 9.17) is 15.4 Å². The molecule has 1 aromatic carbocycles. The number of nitriles is 1. The van der Waals surface area contributed by atoms with Crippen LogP contribution in [0.1, 0.15) is 35.6 Å². The lowest BCUT2D eigenvalue weighted by Gasteiger charge is -2.15. The fourth-order valence-electron chi connectivity index (χ4n) is 2.79. The number of imidazole rings is 1. The molecule has 3 aromatic rings. The molecule has 0 bridgehead atoms. The number of hydrogen-bond donors (Lipinski definition) is 1. The van der Waals surface area contributed by atoms with Gasteiger partial charge in [-0.05, 0) is 45.0 Å². The standard InChI is InChI=1S/C16H16N4O/c1-9-6-13(11(3)21-9)10(2)20-15-7-12(8-17)4-5-14(15)19-16(20)18/h4-7,10H,1-3H3,(H2,18,19). The van der Waals surface area contributed by atoms with Crippen LogP contribution in [0.2, 0.25) is 0 Å². The minimum Gasteiger partial charge on any atom is -0.466 e. The van der Waals surface area contributed by atoms with Crippen molar-refractivity contribution in [2.75, 3.05) is 5.73 Å². The first-order chi connectivity index (χ1) is 10.0. The topological polar surface area (TPSA) is 80.8 Å². The van der Waals surface area contributed by atoms with E-state index >= 15 is 0 Å². The molecule has 1 unspecified atom stereocenters. The third-order valence-corrected chi connectivity index (χ3v) is 3.76. The number of nitrogens with two attached hydrogens (primary N) is 1. The highest BCUT2D eigenvalue weighted by atomic mass is 16.3. The van der Waals surface area contributed by atoms with E-state index in [1.165, 1.54) is 0 Å². The highest BCUT2D eigenvalue weighted by Crippen LogP contribution is 2.30. The normalized spacial score (nSPS) is 12.5. The van der Waals surface area contributed by atoms with E-state index in [0.717, 1.165) is 28.1 Å². The molecule has 0 spiro atoms. The second-order valence-corrected chi connectivity index (χ2v) is 5.20. The fraction of sp³-hybridized carbons (Fsp3) is 0.250. The van der Waals surface area contributed by atoms with Gasteiger partial charge in [-0.1, -0.05) is 0 Å². The summed E-state index contributed by atoms with van der Waals surface area (Å²) in [6, 6.07) is 9.53. The molecular weight excluding hydrogens is 264 g/mol. The van der Waals surface area contributed by atoms with Crippen LogP contribution in [0.25, 0.3) is 11.0 Å². The number of anilines is 1. The summed E-state index contributed by atoms with van der Waals surface area (Å²) in [5, 5.41) is 9.07. The number of fused-ring (bicyclic) bond motifs is 1. The van der Waals surface area contributed by atoms with E-state index in [2.05, 4.69) is 11.1 Å². The Morgan fingerprint density at radius 2 is 2.10 bits per heavy atom. The quantitative estimate of drug-likeness (QED) is 0.780. The Morgan fingerprint density at radius 3 is 2.71 bits per heavy atom. The van der Waals surface area contributed by atoms with E-state index in [9.17, 15) is 0 Å². The van der Waals surface area contributed by atoms with Gasteiger partial charge in [0.25, 0.3) is 0 Å². The number of aryl methyl sites for hydroxylation is 2. The fourth-order valence-corrected chi connectivity index (χ4v) is 2.79. The summed E-state index contributed by atoms with van der Waals surface area (Å²) in [4.78, 5) is 4.37. The van der Waals surface area contributed by atoms with Gasteiger partial charge in [0.2, 0.25) is 5.95 Å². The highest BCUT2D eigenvalue weighted by Gasteiger charge is 2.19. The number of nitrogen functional groups attached to an aromatic ring is 1. The van der Waals surface area contributed by atoms with E-state index in [0.29, 0.717) is 11.5 Å². The lowest BCUT2D eigenvalue weighted by Crippen LogP contribution is -2.10. The molecule has 0 amide bonds. The molecule has 0 fully saturated rings. The van der Waals surface area contributed by atoms with Gasteiger partial charge in [0.1, 0.15) is 11.5 Å². The maximum atomic E-state index is 9.07. The number of hydrogen-bond acceptors (Lipinski definition) is 4. The van der Waals surface area contributed by atoms with E-state index in [1.54, 1.807) is 6.07 Å². The van der Waals surface area contributed by atoms with Crippen LogP contribution in [-0.4, -0.2) is 9.55 Å². The molecule has 0 aliphatic heterocycles. The summed E-state index contributed by atoms with van der Waals surface area (Å²) in [7, 11) is 0. The zero-order valence-corrected chi connectivity index (χ0v) is 12.2. The predicted octanol–water partition coefficient (Wildman–Crippen LogP) is 3.31. The van der Waals surface area contributed by atoms with Crippen molar-refractivity contribution in [3.8, 4) is 6.07 Å². The number of benzene rings is 1. The molecule has 0 aliphatic carbocycles. The van der Waals surface area contributed by atoms with Crippen molar-refractivity contribution >= 4 is 17.0 Å². The van der Waals surface area contributed by atoms with Gasteiger partial charge < -0.3 is 14.7 Å². The zero-order valence-electron chi connectivity index (χ0n) is 12.2. The van der Waals surface area contributed by atoms with Crippen LogP contribution in [0.4, 0.5) is 5.95 Å². The van der Waals surface area contributed by atoms with Crippen LogP contribution in [-0.2, 0) is 0 Å². The lowest BCUT2D eigenvalue weighted by molar-refractivity contribution is 0.495. The largest absolute Gasteiger partial charge is 0.466 e. The molecule has 0 saturated heterocycles. The van der Waals surface area contributed by atoms with Gasteiger partial charge in [-0.25, -0.2) is 4.98 Å². The molecule has 5 heteroatoms. The number of nitrogens with zero attached hydrogens (tertiary/aromatic N) is 3. The van der Waals surface area contributed by atoms with Crippen molar-refractivity contribution < 1.29 is 4.42 Å². The average Bonchev–Trinajstić information content (AvgIpc) is 2.95. The average molecular weight is 280 g/mol. The van der Waals surface area contributed by atoms with Crippen molar-refractivity contribution in [3.63, 3.8) is 0 Å². The van der Waals surface area contributed by atoms with Gasteiger partial charge in [0.05, 0.1) is 28.7 Å². The Morgan fingerprint density at radius 1 is 1.33 bits per heavy atom.